The van der Waals surface area contributed by atoms with Crippen LogP contribution in [0.15, 0.2) is 16.5 Å². The number of hydrogen-bond acceptors (Lipinski definition) is 3. The van der Waals surface area contributed by atoms with Crippen molar-refractivity contribution in [3.05, 3.63) is 23.7 Å². The molecule has 3 nitrogen and oxygen atoms in total. The molecule has 0 radical (unpaired) electrons. The maximum Gasteiger partial charge on any atom is 0.117 e. The van der Waals surface area contributed by atoms with Crippen molar-refractivity contribution >= 4 is 0 Å². The zero-order valence-corrected chi connectivity index (χ0v) is 10.1. The molecule has 0 aliphatic heterocycles. The van der Waals surface area contributed by atoms with Crippen LogP contribution in [0.5, 0.6) is 0 Å². The van der Waals surface area contributed by atoms with Gasteiger partial charge in [-0.25, -0.2) is 0 Å². The molecule has 1 aromatic heterocycles. The summed E-state index contributed by atoms with van der Waals surface area (Å²) in [5, 5.41) is 12.3. The highest BCUT2D eigenvalue weighted by Crippen LogP contribution is 2.47. The largest absolute Gasteiger partial charge is 0.464 e. The topological polar surface area (TPSA) is 45.4 Å². The van der Waals surface area contributed by atoms with E-state index < -0.39 is 0 Å². The minimum Gasteiger partial charge on any atom is -0.464 e. The Balaban J connectivity index is 1.83. The van der Waals surface area contributed by atoms with E-state index in [1.165, 1.54) is 6.42 Å². The van der Waals surface area contributed by atoms with E-state index >= 15 is 0 Å². The summed E-state index contributed by atoms with van der Waals surface area (Å²) in [5.74, 6) is 3.53. The molecule has 16 heavy (non-hydrogen) atoms. The molecule has 1 saturated carbocycles. The molecule has 90 valence electrons. The van der Waals surface area contributed by atoms with E-state index in [-0.39, 0.29) is 12.6 Å². The van der Waals surface area contributed by atoms with Crippen LogP contribution in [0.1, 0.15) is 44.1 Å². The van der Waals surface area contributed by atoms with Crippen LogP contribution in [-0.2, 0) is 6.54 Å². The van der Waals surface area contributed by atoms with Gasteiger partial charge in [0.15, 0.2) is 0 Å². The van der Waals surface area contributed by atoms with Crippen molar-refractivity contribution in [2.45, 2.75) is 45.2 Å². The monoisotopic (exact) mass is 223 g/mol. The van der Waals surface area contributed by atoms with Gasteiger partial charge in [-0.15, -0.1) is 0 Å². The summed E-state index contributed by atoms with van der Waals surface area (Å²) in [6.45, 7) is 5.21. The SMILES string of the molecule is CC[C@H](CO)NCc1ccc(C2CC2C)o1. The molecule has 2 N–H and O–H groups in total. The number of rotatable bonds is 6. The van der Waals surface area contributed by atoms with Gasteiger partial charge < -0.3 is 14.8 Å². The molecule has 0 amide bonds. The highest BCUT2D eigenvalue weighted by Gasteiger charge is 2.36. The van der Waals surface area contributed by atoms with Crippen LogP contribution < -0.4 is 5.32 Å². The maximum absolute atomic E-state index is 9.05. The molecule has 3 atom stereocenters. The molecule has 1 fully saturated rings. The Morgan fingerprint density at radius 3 is 2.88 bits per heavy atom. The van der Waals surface area contributed by atoms with Gasteiger partial charge in [-0.05, 0) is 30.9 Å². The summed E-state index contributed by atoms with van der Waals surface area (Å²) in [6, 6.07) is 4.30. The average Bonchev–Trinajstić information content (AvgIpc) is 2.84. The first-order valence-corrected chi connectivity index (χ1v) is 6.17. The van der Waals surface area contributed by atoms with Crippen LogP contribution in [-0.4, -0.2) is 17.8 Å². The third kappa shape index (κ3) is 2.66. The van der Waals surface area contributed by atoms with Gasteiger partial charge in [0, 0.05) is 12.0 Å². The molecular weight excluding hydrogens is 202 g/mol. The number of furan rings is 1. The number of nitrogens with one attached hydrogen (secondary N) is 1. The zero-order valence-electron chi connectivity index (χ0n) is 10.1. The molecular formula is C13H21NO2. The molecule has 0 spiro atoms. The van der Waals surface area contributed by atoms with Crippen molar-refractivity contribution in [2.24, 2.45) is 5.92 Å². The fraction of sp³-hybridized carbons (Fsp3) is 0.692. The van der Waals surface area contributed by atoms with Gasteiger partial charge in [-0.2, -0.15) is 0 Å². The molecule has 0 saturated heterocycles. The van der Waals surface area contributed by atoms with E-state index in [1.807, 2.05) is 6.07 Å². The summed E-state index contributed by atoms with van der Waals surface area (Å²) in [6.07, 6.45) is 2.19. The lowest BCUT2D eigenvalue weighted by atomic mass is 10.2. The van der Waals surface area contributed by atoms with Crippen LogP contribution in [0.3, 0.4) is 0 Å². The second-order valence-electron chi connectivity index (χ2n) is 4.79. The summed E-state index contributed by atoms with van der Waals surface area (Å²) in [5.41, 5.74) is 0. The van der Waals surface area contributed by atoms with Gasteiger partial charge in [-0.1, -0.05) is 13.8 Å². The molecule has 1 aliphatic carbocycles. The number of aliphatic hydroxyl groups is 1. The molecule has 2 unspecified atom stereocenters. The highest BCUT2D eigenvalue weighted by molar-refractivity contribution is 5.17. The van der Waals surface area contributed by atoms with Gasteiger partial charge in [-0.3, -0.25) is 0 Å². The van der Waals surface area contributed by atoms with Crippen LogP contribution in [0.25, 0.3) is 0 Å². The van der Waals surface area contributed by atoms with Gasteiger partial charge in [0.25, 0.3) is 0 Å². The summed E-state index contributed by atoms with van der Waals surface area (Å²) < 4.78 is 5.77. The van der Waals surface area contributed by atoms with Crippen LogP contribution >= 0.6 is 0 Å². The van der Waals surface area contributed by atoms with Gasteiger partial charge in [0.1, 0.15) is 11.5 Å². The molecule has 1 aromatic rings. The standard InChI is InChI=1S/C13H21NO2/c1-3-10(8-15)14-7-11-4-5-13(16-11)12-6-9(12)2/h4-5,9-10,12,14-15H,3,6-8H2,1-2H3/t9?,10-,12?/m1/s1. The minimum atomic E-state index is 0.174. The van der Waals surface area contributed by atoms with Gasteiger partial charge in [0.2, 0.25) is 0 Å². The Morgan fingerprint density at radius 2 is 2.31 bits per heavy atom. The van der Waals surface area contributed by atoms with E-state index in [9.17, 15) is 0 Å². The lowest BCUT2D eigenvalue weighted by Crippen LogP contribution is -2.30. The van der Waals surface area contributed by atoms with Crippen molar-refractivity contribution in [3.63, 3.8) is 0 Å². The third-order valence-electron chi connectivity index (χ3n) is 3.44. The fourth-order valence-electron chi connectivity index (χ4n) is 1.99. The molecule has 0 aromatic carbocycles. The maximum atomic E-state index is 9.05. The van der Waals surface area contributed by atoms with Gasteiger partial charge in [0.05, 0.1) is 13.2 Å². The second-order valence-corrected chi connectivity index (χ2v) is 4.79. The Kier molecular flexibility index (Phi) is 3.66. The average molecular weight is 223 g/mol. The van der Waals surface area contributed by atoms with E-state index in [0.29, 0.717) is 12.5 Å². The molecule has 1 aliphatic rings. The predicted molar refractivity (Wildman–Crippen MR) is 63.2 cm³/mol. The predicted octanol–water partition coefficient (Wildman–Crippen LogP) is 2.26. The van der Waals surface area contributed by atoms with Gasteiger partial charge >= 0.3 is 0 Å². The summed E-state index contributed by atoms with van der Waals surface area (Å²) >= 11 is 0. The molecule has 0 bridgehead atoms. The van der Waals surface area contributed by atoms with Crippen molar-refractivity contribution in [2.75, 3.05) is 6.61 Å². The Bertz CT molecular complexity index is 330. The fourth-order valence-corrected chi connectivity index (χ4v) is 1.99. The lowest BCUT2D eigenvalue weighted by molar-refractivity contribution is 0.235. The molecule has 1 heterocycles. The van der Waals surface area contributed by atoms with Crippen LogP contribution in [0.2, 0.25) is 0 Å². The third-order valence-corrected chi connectivity index (χ3v) is 3.44. The van der Waals surface area contributed by atoms with E-state index in [2.05, 4.69) is 25.2 Å². The zero-order chi connectivity index (χ0) is 11.5. The van der Waals surface area contributed by atoms with Crippen molar-refractivity contribution in [1.29, 1.82) is 0 Å². The van der Waals surface area contributed by atoms with E-state index in [4.69, 9.17) is 9.52 Å². The Labute approximate surface area is 96.8 Å². The first-order valence-electron chi connectivity index (χ1n) is 6.17. The summed E-state index contributed by atoms with van der Waals surface area (Å²) in [4.78, 5) is 0. The number of aliphatic hydroxyl groups excluding tert-OH is 1. The quantitative estimate of drug-likeness (QED) is 0.777. The summed E-state index contributed by atoms with van der Waals surface area (Å²) in [7, 11) is 0. The van der Waals surface area contributed by atoms with Crippen molar-refractivity contribution in [3.8, 4) is 0 Å². The molecule has 3 heteroatoms. The first-order chi connectivity index (χ1) is 7.74. The molecule has 2 rings (SSSR count). The van der Waals surface area contributed by atoms with Crippen LogP contribution in [0.4, 0.5) is 0 Å². The smallest absolute Gasteiger partial charge is 0.117 e. The lowest BCUT2D eigenvalue weighted by Gasteiger charge is -2.12. The normalized spacial score (nSPS) is 25.7. The van der Waals surface area contributed by atoms with Crippen LogP contribution in [0, 0.1) is 5.92 Å². The second kappa shape index (κ2) is 5.02. The van der Waals surface area contributed by atoms with Crippen molar-refractivity contribution in [1.82, 2.24) is 5.32 Å². The highest BCUT2D eigenvalue weighted by atomic mass is 16.3. The first kappa shape index (κ1) is 11.7. The number of hydrogen-bond donors (Lipinski definition) is 2. The van der Waals surface area contributed by atoms with Crippen molar-refractivity contribution < 1.29 is 9.52 Å². The van der Waals surface area contributed by atoms with E-state index in [1.54, 1.807) is 0 Å². The Hall–Kier alpha value is -0.800. The Morgan fingerprint density at radius 1 is 1.56 bits per heavy atom. The van der Waals surface area contributed by atoms with E-state index in [0.717, 1.165) is 23.9 Å². The minimum absolute atomic E-state index is 0.174.